The highest BCUT2D eigenvalue weighted by molar-refractivity contribution is 6.09. The molecule has 3 aromatic rings. The van der Waals surface area contributed by atoms with Gasteiger partial charge < -0.3 is 9.40 Å². The summed E-state index contributed by atoms with van der Waals surface area (Å²) in [6, 6.07) is 5.30. The van der Waals surface area contributed by atoms with Crippen LogP contribution in [-0.4, -0.2) is 10.8 Å². The number of hydrogen-bond donors (Lipinski definition) is 1. The van der Waals surface area contributed by atoms with Crippen LogP contribution in [0.5, 0.6) is 0 Å². The molecule has 3 rings (SSSR count). The van der Waals surface area contributed by atoms with Gasteiger partial charge in [-0.25, -0.2) is 0 Å². The molecule has 0 aliphatic heterocycles. The van der Waals surface area contributed by atoms with Crippen LogP contribution in [-0.2, 0) is 0 Å². The van der Waals surface area contributed by atoms with Crippen molar-refractivity contribution in [2.75, 3.05) is 0 Å². The number of furan rings is 1. The maximum Gasteiger partial charge on any atom is 0.248 e. The van der Waals surface area contributed by atoms with Gasteiger partial charge in [-0.05, 0) is 31.5 Å². The summed E-state index contributed by atoms with van der Waals surface area (Å²) in [6.07, 6.45) is 0. The zero-order valence-corrected chi connectivity index (χ0v) is 11.0. The van der Waals surface area contributed by atoms with E-state index in [-0.39, 0.29) is 11.3 Å². The van der Waals surface area contributed by atoms with Crippen molar-refractivity contribution in [3.8, 4) is 0 Å². The Bertz CT molecular complexity index is 884. The Hall–Kier alpha value is -2.36. The Morgan fingerprint density at radius 3 is 2.68 bits per heavy atom. The van der Waals surface area contributed by atoms with Crippen LogP contribution < -0.4 is 5.56 Å². The largest absolute Gasteiger partial charge is 0.453 e. The molecule has 0 unspecified atom stereocenters. The van der Waals surface area contributed by atoms with E-state index in [9.17, 15) is 9.59 Å². The predicted octanol–water partition coefficient (Wildman–Crippen LogP) is 3.09. The highest BCUT2D eigenvalue weighted by Crippen LogP contribution is 2.31. The van der Waals surface area contributed by atoms with Crippen LogP contribution in [0.3, 0.4) is 0 Å². The number of benzene rings is 1. The van der Waals surface area contributed by atoms with E-state index in [2.05, 4.69) is 4.98 Å². The van der Waals surface area contributed by atoms with Gasteiger partial charge in [-0.3, -0.25) is 9.59 Å². The van der Waals surface area contributed by atoms with Crippen molar-refractivity contribution in [1.29, 1.82) is 0 Å². The molecule has 0 saturated heterocycles. The number of pyridine rings is 1. The van der Waals surface area contributed by atoms with Crippen molar-refractivity contribution in [1.82, 2.24) is 4.98 Å². The average Bonchev–Trinajstić information content (AvgIpc) is 2.67. The Kier molecular flexibility index (Phi) is 2.35. The summed E-state index contributed by atoms with van der Waals surface area (Å²) >= 11 is 0. The average molecular weight is 255 g/mol. The molecule has 1 aromatic carbocycles. The molecule has 0 fully saturated rings. The van der Waals surface area contributed by atoms with Gasteiger partial charge in [0.25, 0.3) is 0 Å². The van der Waals surface area contributed by atoms with Crippen LogP contribution >= 0.6 is 0 Å². The van der Waals surface area contributed by atoms with Gasteiger partial charge in [0.05, 0.1) is 5.52 Å². The van der Waals surface area contributed by atoms with E-state index in [1.807, 2.05) is 26.0 Å². The number of aromatic nitrogens is 1. The molecule has 4 heteroatoms. The van der Waals surface area contributed by atoms with Gasteiger partial charge in [0.2, 0.25) is 5.56 Å². The first-order chi connectivity index (χ1) is 8.99. The second-order valence-corrected chi connectivity index (χ2v) is 4.79. The monoisotopic (exact) mass is 255 g/mol. The van der Waals surface area contributed by atoms with E-state index < -0.39 is 0 Å². The number of aryl methyl sites for hydroxylation is 2. The molecule has 0 aliphatic carbocycles. The SMILES string of the molecule is CC(=O)c1oc2ccc3c(C)cc(=O)[nH]c3c2c1C. The molecule has 19 heavy (non-hydrogen) atoms. The lowest BCUT2D eigenvalue weighted by Gasteiger charge is -2.02. The number of H-pyrrole nitrogens is 1. The van der Waals surface area contributed by atoms with Crippen molar-refractivity contribution >= 4 is 27.7 Å². The van der Waals surface area contributed by atoms with Gasteiger partial charge in [-0.1, -0.05) is 0 Å². The number of ketones is 1. The smallest absolute Gasteiger partial charge is 0.248 e. The molecule has 0 amide bonds. The molecule has 96 valence electrons. The fourth-order valence-electron chi connectivity index (χ4n) is 2.57. The number of carbonyl (C=O) groups is 1. The zero-order valence-electron chi connectivity index (χ0n) is 11.0. The highest BCUT2D eigenvalue weighted by Gasteiger charge is 2.17. The third kappa shape index (κ3) is 1.60. The Labute approximate surface area is 109 Å². The summed E-state index contributed by atoms with van der Waals surface area (Å²) in [6.45, 7) is 5.20. The Morgan fingerprint density at radius 2 is 2.00 bits per heavy atom. The Balaban J connectivity index is 2.59. The van der Waals surface area contributed by atoms with Crippen LogP contribution in [0.25, 0.3) is 21.9 Å². The normalized spacial score (nSPS) is 11.3. The number of nitrogens with one attached hydrogen (secondary N) is 1. The van der Waals surface area contributed by atoms with Gasteiger partial charge in [-0.15, -0.1) is 0 Å². The summed E-state index contributed by atoms with van der Waals surface area (Å²) in [5.41, 5.74) is 2.88. The van der Waals surface area contributed by atoms with Crippen molar-refractivity contribution < 1.29 is 9.21 Å². The first-order valence-corrected chi connectivity index (χ1v) is 6.05. The molecule has 2 heterocycles. The number of rotatable bonds is 1. The summed E-state index contributed by atoms with van der Waals surface area (Å²) in [4.78, 5) is 26.0. The maximum atomic E-state index is 11.6. The maximum absolute atomic E-state index is 11.6. The first kappa shape index (κ1) is 11.7. The lowest BCUT2D eigenvalue weighted by Crippen LogP contribution is -2.05. The van der Waals surface area contributed by atoms with E-state index in [4.69, 9.17) is 4.42 Å². The van der Waals surface area contributed by atoms with Crippen LogP contribution in [0.4, 0.5) is 0 Å². The third-order valence-corrected chi connectivity index (χ3v) is 3.44. The molecule has 0 spiro atoms. The van der Waals surface area contributed by atoms with Crippen LogP contribution in [0.1, 0.15) is 28.6 Å². The molecule has 2 aromatic heterocycles. The van der Waals surface area contributed by atoms with E-state index in [1.54, 1.807) is 6.07 Å². The predicted molar refractivity (Wildman–Crippen MR) is 73.8 cm³/mol. The summed E-state index contributed by atoms with van der Waals surface area (Å²) in [7, 11) is 0. The molecule has 0 saturated carbocycles. The number of carbonyl (C=O) groups excluding carboxylic acids is 1. The molecule has 0 bridgehead atoms. The van der Waals surface area contributed by atoms with Crippen LogP contribution in [0.15, 0.2) is 27.4 Å². The summed E-state index contributed by atoms with van der Waals surface area (Å²) in [5.74, 6) is 0.238. The van der Waals surface area contributed by atoms with Crippen LogP contribution in [0, 0.1) is 13.8 Å². The van der Waals surface area contributed by atoms with E-state index >= 15 is 0 Å². The zero-order chi connectivity index (χ0) is 13.7. The lowest BCUT2D eigenvalue weighted by molar-refractivity contribution is 0.0988. The second-order valence-electron chi connectivity index (χ2n) is 4.79. The fraction of sp³-hybridized carbons (Fsp3) is 0.200. The second kappa shape index (κ2) is 3.82. The third-order valence-electron chi connectivity index (χ3n) is 3.44. The Morgan fingerprint density at radius 1 is 1.26 bits per heavy atom. The minimum atomic E-state index is -0.150. The van der Waals surface area contributed by atoms with Crippen molar-refractivity contribution in [2.24, 2.45) is 0 Å². The summed E-state index contributed by atoms with van der Waals surface area (Å²) in [5, 5.41) is 1.77. The number of aromatic amines is 1. The number of hydrogen-bond acceptors (Lipinski definition) is 3. The van der Waals surface area contributed by atoms with Gasteiger partial charge in [0.15, 0.2) is 11.5 Å². The quantitative estimate of drug-likeness (QED) is 0.679. The van der Waals surface area contributed by atoms with Crippen LogP contribution in [0.2, 0.25) is 0 Å². The standard InChI is InChI=1S/C15H13NO3/c1-7-6-12(18)16-14-10(7)4-5-11-13(14)8(2)15(19-11)9(3)17/h4-6H,1-3H3,(H,16,18). The molecular weight excluding hydrogens is 242 g/mol. The van der Waals surface area contributed by atoms with E-state index in [0.29, 0.717) is 11.3 Å². The molecule has 0 atom stereocenters. The summed E-state index contributed by atoms with van der Waals surface area (Å²) < 4.78 is 5.58. The van der Waals surface area contributed by atoms with Crippen molar-refractivity contribution in [3.63, 3.8) is 0 Å². The van der Waals surface area contributed by atoms with E-state index in [1.165, 1.54) is 6.92 Å². The highest BCUT2D eigenvalue weighted by atomic mass is 16.3. The van der Waals surface area contributed by atoms with Gasteiger partial charge in [0.1, 0.15) is 5.58 Å². The van der Waals surface area contributed by atoms with Crippen molar-refractivity contribution in [3.05, 3.63) is 45.4 Å². The van der Waals surface area contributed by atoms with E-state index in [0.717, 1.165) is 27.4 Å². The topological polar surface area (TPSA) is 63.1 Å². The first-order valence-electron chi connectivity index (χ1n) is 6.05. The molecule has 0 radical (unpaired) electrons. The van der Waals surface area contributed by atoms with Gasteiger partial charge >= 0.3 is 0 Å². The molecule has 0 aliphatic rings. The lowest BCUT2D eigenvalue weighted by atomic mass is 10.0. The number of Topliss-reactive ketones (excluding diaryl/α,β-unsaturated/α-hetero) is 1. The van der Waals surface area contributed by atoms with Crippen molar-refractivity contribution in [2.45, 2.75) is 20.8 Å². The number of fused-ring (bicyclic) bond motifs is 3. The minimum absolute atomic E-state index is 0.114. The molecule has 4 nitrogen and oxygen atoms in total. The molecule has 1 N–H and O–H groups in total. The van der Waals surface area contributed by atoms with Gasteiger partial charge in [-0.2, -0.15) is 0 Å². The minimum Gasteiger partial charge on any atom is -0.453 e. The fourth-order valence-corrected chi connectivity index (χ4v) is 2.57. The van der Waals surface area contributed by atoms with Gasteiger partial charge in [0, 0.05) is 29.3 Å². The molecular formula is C15H13NO3.